The smallest absolute Gasteiger partial charge is 0.237 e. The highest BCUT2D eigenvalue weighted by Crippen LogP contribution is 2.08. The van der Waals surface area contributed by atoms with Gasteiger partial charge in [0.25, 0.3) is 0 Å². The number of hydrogen-bond donors (Lipinski definition) is 3. The first-order chi connectivity index (χ1) is 9.07. The Labute approximate surface area is 115 Å². The lowest BCUT2D eigenvalue weighted by Crippen LogP contribution is -2.62. The number of nitrogens with one attached hydrogen (secondary N) is 2. The van der Waals surface area contributed by atoms with Crippen LogP contribution in [0, 0.1) is 0 Å². The molecule has 1 aliphatic rings. The van der Waals surface area contributed by atoms with Crippen LogP contribution < -0.4 is 16.4 Å². The first-order valence-corrected chi connectivity index (χ1v) is 7.11. The summed E-state index contributed by atoms with van der Waals surface area (Å²) in [6.07, 6.45) is 3.24. The summed E-state index contributed by atoms with van der Waals surface area (Å²) in [4.78, 5) is 25.3. The maximum Gasteiger partial charge on any atom is 0.237 e. The van der Waals surface area contributed by atoms with Crippen molar-refractivity contribution in [3.63, 3.8) is 0 Å². The van der Waals surface area contributed by atoms with E-state index in [-0.39, 0.29) is 17.9 Å². The fourth-order valence-corrected chi connectivity index (χ4v) is 2.33. The van der Waals surface area contributed by atoms with Crippen LogP contribution >= 0.6 is 0 Å². The van der Waals surface area contributed by atoms with E-state index in [1.807, 2.05) is 11.8 Å². The highest BCUT2D eigenvalue weighted by atomic mass is 16.2. The molecule has 6 heteroatoms. The van der Waals surface area contributed by atoms with Gasteiger partial charge < -0.3 is 16.4 Å². The van der Waals surface area contributed by atoms with Crippen molar-refractivity contribution in [2.45, 2.75) is 45.2 Å². The van der Waals surface area contributed by atoms with E-state index in [2.05, 4.69) is 17.6 Å². The van der Waals surface area contributed by atoms with E-state index in [0.29, 0.717) is 19.6 Å². The van der Waals surface area contributed by atoms with Gasteiger partial charge in [-0.1, -0.05) is 19.8 Å². The lowest BCUT2D eigenvalue weighted by molar-refractivity contribution is -0.131. The number of hydrogen-bond acceptors (Lipinski definition) is 4. The van der Waals surface area contributed by atoms with E-state index in [0.717, 1.165) is 25.8 Å². The van der Waals surface area contributed by atoms with E-state index >= 15 is 0 Å². The van der Waals surface area contributed by atoms with Gasteiger partial charge in [0.1, 0.15) is 6.04 Å². The zero-order valence-corrected chi connectivity index (χ0v) is 11.9. The Balaban J connectivity index is 2.46. The number of unbranched alkanes of at least 4 members (excludes halogenated alkanes) is 2. The summed E-state index contributed by atoms with van der Waals surface area (Å²) < 4.78 is 0. The molecule has 6 nitrogen and oxygen atoms in total. The molecule has 19 heavy (non-hydrogen) atoms. The third kappa shape index (κ3) is 4.80. The lowest BCUT2D eigenvalue weighted by atomic mass is 10.1. The fourth-order valence-electron chi connectivity index (χ4n) is 2.33. The van der Waals surface area contributed by atoms with Gasteiger partial charge in [0.15, 0.2) is 0 Å². The SMILES string of the molecule is CCCCCNC(=O)C(C)N1CCNCC1C(N)=O. The molecule has 1 fully saturated rings. The summed E-state index contributed by atoms with van der Waals surface area (Å²) in [5.41, 5.74) is 5.38. The van der Waals surface area contributed by atoms with Gasteiger partial charge in [0, 0.05) is 26.2 Å². The van der Waals surface area contributed by atoms with Gasteiger partial charge in [0.05, 0.1) is 6.04 Å². The Bertz CT molecular complexity index is 309. The van der Waals surface area contributed by atoms with Crippen molar-refractivity contribution in [2.24, 2.45) is 5.73 Å². The molecule has 4 N–H and O–H groups in total. The first kappa shape index (κ1) is 15.9. The molecule has 110 valence electrons. The van der Waals surface area contributed by atoms with Crippen LogP contribution in [0.3, 0.4) is 0 Å². The molecule has 0 bridgehead atoms. The Hall–Kier alpha value is -1.14. The molecule has 0 aromatic carbocycles. The molecule has 1 aliphatic heterocycles. The summed E-state index contributed by atoms with van der Waals surface area (Å²) in [7, 11) is 0. The zero-order chi connectivity index (χ0) is 14.3. The molecule has 0 saturated carbocycles. The number of carbonyl (C=O) groups excluding carboxylic acids is 2. The fraction of sp³-hybridized carbons (Fsp3) is 0.846. The molecule has 0 spiro atoms. The molecule has 0 aromatic heterocycles. The number of primary amides is 1. The standard InChI is InChI=1S/C13H26N4O2/c1-3-4-5-6-16-13(19)10(2)17-8-7-15-9-11(17)12(14)18/h10-11,15H,3-9H2,1-2H3,(H2,14,18)(H,16,19). The summed E-state index contributed by atoms with van der Waals surface area (Å²) in [5, 5.41) is 6.05. The van der Waals surface area contributed by atoms with Crippen molar-refractivity contribution in [2.75, 3.05) is 26.2 Å². The molecular formula is C13H26N4O2. The predicted molar refractivity (Wildman–Crippen MR) is 74.6 cm³/mol. The molecular weight excluding hydrogens is 244 g/mol. The second-order valence-corrected chi connectivity index (χ2v) is 5.03. The highest BCUT2D eigenvalue weighted by Gasteiger charge is 2.33. The van der Waals surface area contributed by atoms with Gasteiger partial charge in [-0.25, -0.2) is 0 Å². The first-order valence-electron chi connectivity index (χ1n) is 7.11. The molecule has 2 unspecified atom stereocenters. The number of piperazine rings is 1. The summed E-state index contributed by atoms with van der Waals surface area (Å²) in [6.45, 7) is 6.61. The number of rotatable bonds is 7. The van der Waals surface area contributed by atoms with E-state index in [1.54, 1.807) is 0 Å². The molecule has 2 atom stereocenters. The zero-order valence-electron chi connectivity index (χ0n) is 11.9. The van der Waals surface area contributed by atoms with Crippen LogP contribution in [0.4, 0.5) is 0 Å². The number of nitrogens with two attached hydrogens (primary N) is 1. The molecule has 1 rings (SSSR count). The van der Waals surface area contributed by atoms with Crippen LogP contribution in [-0.2, 0) is 9.59 Å². The Morgan fingerprint density at radius 1 is 1.47 bits per heavy atom. The monoisotopic (exact) mass is 270 g/mol. The van der Waals surface area contributed by atoms with Crippen LogP contribution in [0.15, 0.2) is 0 Å². The number of nitrogens with zero attached hydrogens (tertiary/aromatic N) is 1. The summed E-state index contributed by atoms with van der Waals surface area (Å²) in [5.74, 6) is -0.401. The van der Waals surface area contributed by atoms with Crippen molar-refractivity contribution >= 4 is 11.8 Å². The quantitative estimate of drug-likeness (QED) is 0.541. The largest absolute Gasteiger partial charge is 0.368 e. The summed E-state index contributed by atoms with van der Waals surface area (Å²) >= 11 is 0. The maximum absolute atomic E-state index is 12.0. The van der Waals surface area contributed by atoms with Gasteiger partial charge in [-0.2, -0.15) is 0 Å². The topological polar surface area (TPSA) is 87.5 Å². The average molecular weight is 270 g/mol. The molecule has 1 heterocycles. The summed E-state index contributed by atoms with van der Waals surface area (Å²) in [6, 6.07) is -0.716. The lowest BCUT2D eigenvalue weighted by Gasteiger charge is -2.37. The van der Waals surface area contributed by atoms with Gasteiger partial charge >= 0.3 is 0 Å². The van der Waals surface area contributed by atoms with E-state index in [1.165, 1.54) is 0 Å². The maximum atomic E-state index is 12.0. The van der Waals surface area contributed by atoms with Crippen LogP contribution in [0.5, 0.6) is 0 Å². The normalized spacial score (nSPS) is 21.9. The highest BCUT2D eigenvalue weighted by molar-refractivity contribution is 5.84. The van der Waals surface area contributed by atoms with Crippen molar-refractivity contribution in [3.8, 4) is 0 Å². The minimum atomic E-state index is -0.398. The van der Waals surface area contributed by atoms with E-state index in [9.17, 15) is 9.59 Å². The van der Waals surface area contributed by atoms with E-state index < -0.39 is 6.04 Å². The van der Waals surface area contributed by atoms with Gasteiger partial charge in [-0.15, -0.1) is 0 Å². The molecule has 0 aromatic rings. The number of carbonyl (C=O) groups is 2. The Kier molecular flexibility index (Phi) is 6.80. The second-order valence-electron chi connectivity index (χ2n) is 5.03. The molecule has 0 aliphatic carbocycles. The minimum Gasteiger partial charge on any atom is -0.368 e. The van der Waals surface area contributed by atoms with Crippen LogP contribution in [0.25, 0.3) is 0 Å². The minimum absolute atomic E-state index is 0.0238. The molecule has 2 amide bonds. The van der Waals surface area contributed by atoms with Crippen molar-refractivity contribution in [1.82, 2.24) is 15.5 Å². The van der Waals surface area contributed by atoms with Crippen LogP contribution in [0.2, 0.25) is 0 Å². The van der Waals surface area contributed by atoms with Gasteiger partial charge in [-0.05, 0) is 13.3 Å². The number of amides is 2. The van der Waals surface area contributed by atoms with Crippen molar-refractivity contribution in [3.05, 3.63) is 0 Å². The molecule has 1 saturated heterocycles. The third-order valence-electron chi connectivity index (χ3n) is 3.57. The average Bonchev–Trinajstić information content (AvgIpc) is 2.42. The Morgan fingerprint density at radius 2 is 2.21 bits per heavy atom. The Morgan fingerprint density at radius 3 is 2.84 bits per heavy atom. The second kappa shape index (κ2) is 8.12. The predicted octanol–water partition coefficient (Wildman–Crippen LogP) is -0.560. The van der Waals surface area contributed by atoms with E-state index in [4.69, 9.17) is 5.73 Å². The van der Waals surface area contributed by atoms with Crippen molar-refractivity contribution in [1.29, 1.82) is 0 Å². The van der Waals surface area contributed by atoms with Crippen molar-refractivity contribution < 1.29 is 9.59 Å². The van der Waals surface area contributed by atoms with Crippen LogP contribution in [0.1, 0.15) is 33.1 Å². The van der Waals surface area contributed by atoms with Gasteiger partial charge in [0.2, 0.25) is 11.8 Å². The van der Waals surface area contributed by atoms with Crippen LogP contribution in [-0.4, -0.2) is 55.0 Å². The third-order valence-corrected chi connectivity index (χ3v) is 3.57. The van der Waals surface area contributed by atoms with Gasteiger partial charge in [-0.3, -0.25) is 14.5 Å². The molecule has 0 radical (unpaired) electrons.